The summed E-state index contributed by atoms with van der Waals surface area (Å²) >= 11 is 0. The van der Waals surface area contributed by atoms with Crippen molar-refractivity contribution in [1.82, 2.24) is 0 Å². The largest absolute Gasteiger partial charge is 0.474 e. The van der Waals surface area contributed by atoms with Crippen LogP contribution in [0.5, 0.6) is 5.75 Å². The van der Waals surface area contributed by atoms with Gasteiger partial charge in [0.25, 0.3) is 0 Å². The lowest BCUT2D eigenvalue weighted by atomic mass is 9.98. The number of rotatable bonds is 6. The molecule has 0 amide bonds. The minimum atomic E-state index is -0.928. The molecule has 1 aromatic heterocycles. The van der Waals surface area contributed by atoms with E-state index in [4.69, 9.17) is 13.9 Å². The Bertz CT molecular complexity index is 1310. The van der Waals surface area contributed by atoms with Gasteiger partial charge in [0.1, 0.15) is 11.3 Å². The van der Waals surface area contributed by atoms with Crippen LogP contribution in [0.1, 0.15) is 33.9 Å². The summed E-state index contributed by atoms with van der Waals surface area (Å²) in [6, 6.07) is 22.6. The second kappa shape index (κ2) is 9.10. The van der Waals surface area contributed by atoms with Crippen LogP contribution >= 0.6 is 0 Å². The van der Waals surface area contributed by atoms with Gasteiger partial charge in [-0.25, -0.2) is 9.59 Å². The van der Waals surface area contributed by atoms with Crippen molar-refractivity contribution in [3.63, 3.8) is 0 Å². The average molecular weight is 428 g/mol. The smallest absolute Gasteiger partial charge is 0.351 e. The van der Waals surface area contributed by atoms with Crippen molar-refractivity contribution in [2.45, 2.75) is 26.4 Å². The molecule has 0 saturated carbocycles. The number of hydrogen-bond donors (Lipinski definition) is 0. The Morgan fingerprint density at radius 2 is 1.56 bits per heavy atom. The fourth-order valence-corrected chi connectivity index (χ4v) is 3.82. The van der Waals surface area contributed by atoms with Gasteiger partial charge >= 0.3 is 11.6 Å². The molecule has 3 aromatic carbocycles. The lowest BCUT2D eigenvalue weighted by Crippen LogP contribution is -2.20. The number of carbonyl (C=O) groups excluding carboxylic acids is 1. The minimum absolute atomic E-state index is 0.369. The molecule has 162 valence electrons. The molecule has 0 aliphatic heterocycles. The maximum Gasteiger partial charge on any atom is 0.351 e. The Morgan fingerprint density at radius 1 is 0.906 bits per heavy atom. The molecule has 1 atom stereocenters. The van der Waals surface area contributed by atoms with E-state index < -0.39 is 12.1 Å². The molecule has 0 spiro atoms. The van der Waals surface area contributed by atoms with Gasteiger partial charge in [-0.3, -0.25) is 0 Å². The summed E-state index contributed by atoms with van der Waals surface area (Å²) in [6.07, 6.45) is -0.428. The monoisotopic (exact) mass is 428 g/mol. The van der Waals surface area contributed by atoms with Crippen molar-refractivity contribution in [3.8, 4) is 5.75 Å². The molecule has 5 heteroatoms. The number of fused-ring (bicyclic) bond motifs is 1. The number of ether oxygens (including phenoxy) is 2. The second-order valence-electron chi connectivity index (χ2n) is 7.65. The van der Waals surface area contributed by atoms with Gasteiger partial charge in [-0.15, -0.1) is 0 Å². The van der Waals surface area contributed by atoms with Crippen LogP contribution in [0.4, 0.5) is 0 Å². The molecule has 4 aromatic rings. The summed E-state index contributed by atoms with van der Waals surface area (Å²) in [5, 5.41) is 0.842. The molecule has 32 heavy (non-hydrogen) atoms. The minimum Gasteiger partial charge on any atom is -0.474 e. The van der Waals surface area contributed by atoms with Crippen molar-refractivity contribution in [3.05, 3.63) is 111 Å². The second-order valence-corrected chi connectivity index (χ2v) is 7.65. The zero-order valence-corrected chi connectivity index (χ0v) is 18.3. The molecule has 1 heterocycles. The number of hydrogen-bond acceptors (Lipinski definition) is 5. The van der Waals surface area contributed by atoms with Gasteiger partial charge in [-0.1, -0.05) is 60.7 Å². The number of benzene rings is 3. The highest BCUT2D eigenvalue weighted by Gasteiger charge is 2.25. The van der Waals surface area contributed by atoms with Crippen LogP contribution in [0, 0.1) is 13.8 Å². The Balaban J connectivity index is 1.75. The molecule has 5 nitrogen and oxygen atoms in total. The fourth-order valence-electron chi connectivity index (χ4n) is 3.82. The molecule has 0 unspecified atom stereocenters. The SMILES string of the molecule is COC(=O)[C@H](Oc1ccc2c(C)c(Cc3ccccc3)c(=O)oc2c1C)c1ccccc1. The first kappa shape index (κ1) is 21.4. The summed E-state index contributed by atoms with van der Waals surface area (Å²) in [5.74, 6) is -0.0540. The first-order chi connectivity index (χ1) is 15.5. The molecule has 0 fully saturated rings. The number of carbonyl (C=O) groups is 1. The van der Waals surface area contributed by atoms with Gasteiger partial charge < -0.3 is 13.9 Å². The van der Waals surface area contributed by atoms with E-state index in [0.29, 0.717) is 34.4 Å². The summed E-state index contributed by atoms with van der Waals surface area (Å²) in [4.78, 5) is 25.2. The zero-order chi connectivity index (χ0) is 22.7. The van der Waals surface area contributed by atoms with Crippen LogP contribution in [0.15, 0.2) is 82.0 Å². The highest BCUT2D eigenvalue weighted by Crippen LogP contribution is 2.33. The predicted molar refractivity (Wildman–Crippen MR) is 123 cm³/mol. The van der Waals surface area contributed by atoms with Crippen LogP contribution in [0.2, 0.25) is 0 Å². The van der Waals surface area contributed by atoms with Crippen LogP contribution in [-0.2, 0) is 16.0 Å². The topological polar surface area (TPSA) is 65.7 Å². The lowest BCUT2D eigenvalue weighted by Gasteiger charge is -2.19. The average Bonchev–Trinajstić information content (AvgIpc) is 2.82. The van der Waals surface area contributed by atoms with Crippen molar-refractivity contribution >= 4 is 16.9 Å². The molecule has 0 aliphatic carbocycles. The molecular formula is C27H24O5. The van der Waals surface area contributed by atoms with Gasteiger partial charge in [-0.05, 0) is 37.1 Å². The quantitative estimate of drug-likeness (QED) is 0.308. The van der Waals surface area contributed by atoms with E-state index in [1.807, 2.05) is 68.4 Å². The van der Waals surface area contributed by atoms with E-state index in [1.165, 1.54) is 7.11 Å². The maximum atomic E-state index is 12.8. The molecule has 0 N–H and O–H groups in total. The third-order valence-electron chi connectivity index (χ3n) is 5.64. The van der Waals surface area contributed by atoms with Gasteiger partial charge in [-0.2, -0.15) is 0 Å². The van der Waals surface area contributed by atoms with Crippen molar-refractivity contribution < 1.29 is 18.7 Å². The Kier molecular flexibility index (Phi) is 6.08. The van der Waals surface area contributed by atoms with Gasteiger partial charge in [0.2, 0.25) is 6.10 Å². The third-order valence-corrected chi connectivity index (χ3v) is 5.64. The summed E-state index contributed by atoms with van der Waals surface area (Å²) < 4.78 is 16.7. The Labute approximate surface area is 186 Å². The van der Waals surface area contributed by atoms with Gasteiger partial charge in [0, 0.05) is 28.5 Å². The first-order valence-electron chi connectivity index (χ1n) is 10.4. The van der Waals surface area contributed by atoms with E-state index >= 15 is 0 Å². The summed E-state index contributed by atoms with van der Waals surface area (Å²) in [6.45, 7) is 3.75. The van der Waals surface area contributed by atoms with Crippen LogP contribution < -0.4 is 10.4 Å². The Morgan fingerprint density at radius 3 is 2.22 bits per heavy atom. The van der Waals surface area contributed by atoms with Crippen LogP contribution in [-0.4, -0.2) is 13.1 Å². The predicted octanol–water partition coefficient (Wildman–Crippen LogP) is 5.29. The van der Waals surface area contributed by atoms with E-state index in [0.717, 1.165) is 16.5 Å². The van der Waals surface area contributed by atoms with Gasteiger partial charge in [0.15, 0.2) is 0 Å². The molecule has 0 radical (unpaired) electrons. The van der Waals surface area contributed by atoms with E-state index in [-0.39, 0.29) is 5.63 Å². The van der Waals surface area contributed by atoms with E-state index in [1.54, 1.807) is 18.2 Å². The number of aryl methyl sites for hydroxylation is 2. The number of esters is 1. The zero-order valence-electron chi connectivity index (χ0n) is 18.3. The third kappa shape index (κ3) is 4.14. The Hall–Kier alpha value is -3.86. The maximum absolute atomic E-state index is 12.8. The molecular weight excluding hydrogens is 404 g/mol. The van der Waals surface area contributed by atoms with Crippen molar-refractivity contribution in [1.29, 1.82) is 0 Å². The standard InChI is InChI=1S/C27H24O5/c1-17-21-14-15-23(31-25(27(29)30-3)20-12-8-5-9-13-20)18(2)24(21)32-26(28)22(17)16-19-10-6-4-7-11-19/h4-15,25H,16H2,1-3H3/t25-/m1/s1. The van der Waals surface area contributed by atoms with Crippen LogP contribution in [0.25, 0.3) is 11.0 Å². The molecule has 0 bridgehead atoms. The molecule has 4 rings (SSSR count). The van der Waals surface area contributed by atoms with Crippen molar-refractivity contribution in [2.24, 2.45) is 0 Å². The van der Waals surface area contributed by atoms with E-state index in [9.17, 15) is 9.59 Å². The van der Waals surface area contributed by atoms with Crippen molar-refractivity contribution in [2.75, 3.05) is 7.11 Å². The first-order valence-corrected chi connectivity index (χ1v) is 10.4. The number of methoxy groups -OCH3 is 1. The van der Waals surface area contributed by atoms with Crippen LogP contribution in [0.3, 0.4) is 0 Å². The van der Waals surface area contributed by atoms with Gasteiger partial charge in [0.05, 0.1) is 7.11 Å². The highest BCUT2D eigenvalue weighted by molar-refractivity contribution is 5.86. The molecule has 0 aliphatic rings. The highest BCUT2D eigenvalue weighted by atomic mass is 16.6. The lowest BCUT2D eigenvalue weighted by molar-refractivity contribution is -0.149. The fraction of sp³-hybridized carbons (Fsp3) is 0.185. The van der Waals surface area contributed by atoms with E-state index in [2.05, 4.69) is 0 Å². The molecule has 0 saturated heterocycles. The normalized spacial score (nSPS) is 11.8. The summed E-state index contributed by atoms with van der Waals surface area (Å²) in [5.41, 5.74) is 3.97. The summed E-state index contributed by atoms with van der Waals surface area (Å²) in [7, 11) is 1.32.